The molecule has 1 aromatic rings. The number of hydrogen-bond donors (Lipinski definition) is 1. The molecule has 0 radical (unpaired) electrons. The Morgan fingerprint density at radius 1 is 1.55 bits per heavy atom. The van der Waals surface area contributed by atoms with Crippen LogP contribution < -0.4 is 5.73 Å². The summed E-state index contributed by atoms with van der Waals surface area (Å²) in [5, 5.41) is 3.97. The molecule has 0 fully saturated rings. The number of nitrogens with two attached hydrogens (primary N) is 1. The Morgan fingerprint density at radius 3 is 2.70 bits per heavy atom. The third-order valence-corrected chi connectivity index (χ3v) is 3.52. The van der Waals surface area contributed by atoms with Crippen LogP contribution in [0.1, 0.15) is 37.6 Å². The molecule has 5 nitrogen and oxygen atoms in total. The van der Waals surface area contributed by atoms with Gasteiger partial charge >= 0.3 is 0 Å². The molecule has 0 bridgehead atoms. The van der Waals surface area contributed by atoms with Gasteiger partial charge in [0.2, 0.25) is 5.91 Å². The Balaban J connectivity index is 0.00000361. The first kappa shape index (κ1) is 19.3. The number of nitrogens with zero attached hydrogens (tertiary/aromatic N) is 2. The van der Waals surface area contributed by atoms with Crippen molar-refractivity contribution in [2.24, 2.45) is 5.73 Å². The Kier molecular flexibility index (Phi) is 8.93. The molecule has 20 heavy (non-hydrogen) atoms. The number of aromatic nitrogens is 1. The SMILES string of the molecule is CSCC[C@H](N)C(=O)N(C)Cc1cc(C(C)C)on1.Cl. The molecule has 0 aliphatic carbocycles. The number of likely N-dealkylation sites (N-methyl/N-ethyl adjacent to an activating group) is 1. The Labute approximate surface area is 131 Å². The molecule has 1 rings (SSSR count). The van der Waals surface area contributed by atoms with E-state index in [0.29, 0.717) is 18.9 Å². The lowest BCUT2D eigenvalue weighted by atomic mass is 10.1. The average molecular weight is 322 g/mol. The van der Waals surface area contributed by atoms with Gasteiger partial charge in [0.1, 0.15) is 11.5 Å². The summed E-state index contributed by atoms with van der Waals surface area (Å²) in [5.41, 5.74) is 6.62. The molecule has 0 saturated carbocycles. The highest BCUT2D eigenvalue weighted by Gasteiger charge is 2.19. The van der Waals surface area contributed by atoms with E-state index in [1.165, 1.54) is 0 Å². The van der Waals surface area contributed by atoms with Crippen molar-refractivity contribution in [3.8, 4) is 0 Å². The maximum atomic E-state index is 12.0. The fraction of sp³-hybridized carbons (Fsp3) is 0.692. The van der Waals surface area contributed by atoms with Crippen LogP contribution in [0.5, 0.6) is 0 Å². The van der Waals surface area contributed by atoms with Crippen molar-refractivity contribution in [3.05, 3.63) is 17.5 Å². The molecule has 1 heterocycles. The minimum atomic E-state index is -0.436. The van der Waals surface area contributed by atoms with Crippen LogP contribution in [0.25, 0.3) is 0 Å². The topological polar surface area (TPSA) is 72.4 Å². The molecule has 1 aromatic heterocycles. The molecule has 0 saturated heterocycles. The third kappa shape index (κ3) is 5.73. The second-order valence-electron chi connectivity index (χ2n) is 4.96. The van der Waals surface area contributed by atoms with Gasteiger partial charge in [0.15, 0.2) is 0 Å². The minimum absolute atomic E-state index is 0. The molecule has 0 aliphatic heterocycles. The summed E-state index contributed by atoms with van der Waals surface area (Å²) < 4.78 is 5.21. The molecule has 0 unspecified atom stereocenters. The zero-order valence-corrected chi connectivity index (χ0v) is 14.1. The normalized spacial score (nSPS) is 12.1. The van der Waals surface area contributed by atoms with Crippen LogP contribution in [-0.2, 0) is 11.3 Å². The summed E-state index contributed by atoms with van der Waals surface area (Å²) in [6.07, 6.45) is 2.70. The third-order valence-electron chi connectivity index (χ3n) is 2.87. The summed E-state index contributed by atoms with van der Waals surface area (Å²) in [6.45, 7) is 4.51. The molecule has 2 N–H and O–H groups in total. The number of thioether (sulfide) groups is 1. The first-order valence-electron chi connectivity index (χ1n) is 6.40. The molecule has 0 aliphatic rings. The summed E-state index contributed by atoms with van der Waals surface area (Å²) >= 11 is 1.69. The van der Waals surface area contributed by atoms with Crippen LogP contribution in [-0.4, -0.2) is 41.1 Å². The van der Waals surface area contributed by atoms with Crippen molar-refractivity contribution in [1.29, 1.82) is 0 Å². The lowest BCUT2D eigenvalue weighted by Gasteiger charge is -2.19. The van der Waals surface area contributed by atoms with E-state index in [2.05, 4.69) is 5.16 Å². The monoisotopic (exact) mass is 321 g/mol. The van der Waals surface area contributed by atoms with E-state index in [9.17, 15) is 4.79 Å². The van der Waals surface area contributed by atoms with E-state index in [1.54, 1.807) is 23.7 Å². The highest BCUT2D eigenvalue weighted by molar-refractivity contribution is 7.98. The van der Waals surface area contributed by atoms with Gasteiger partial charge in [-0.05, 0) is 18.4 Å². The van der Waals surface area contributed by atoms with Crippen LogP contribution in [0.2, 0.25) is 0 Å². The second kappa shape index (κ2) is 9.26. The minimum Gasteiger partial charge on any atom is -0.361 e. The molecule has 1 amide bonds. The van der Waals surface area contributed by atoms with E-state index in [-0.39, 0.29) is 18.3 Å². The van der Waals surface area contributed by atoms with Crippen LogP contribution in [0.3, 0.4) is 0 Å². The highest BCUT2D eigenvalue weighted by atomic mass is 35.5. The van der Waals surface area contributed by atoms with E-state index in [1.807, 2.05) is 26.2 Å². The molecule has 0 spiro atoms. The van der Waals surface area contributed by atoms with Crippen molar-refractivity contribution in [3.63, 3.8) is 0 Å². The van der Waals surface area contributed by atoms with Gasteiger partial charge in [0.25, 0.3) is 0 Å². The number of carbonyl (C=O) groups is 1. The summed E-state index contributed by atoms with van der Waals surface area (Å²) in [7, 11) is 1.74. The van der Waals surface area contributed by atoms with Crippen molar-refractivity contribution >= 4 is 30.1 Å². The van der Waals surface area contributed by atoms with E-state index in [0.717, 1.165) is 17.2 Å². The molecule has 116 valence electrons. The van der Waals surface area contributed by atoms with Gasteiger partial charge in [-0.3, -0.25) is 4.79 Å². The van der Waals surface area contributed by atoms with Gasteiger partial charge in [0, 0.05) is 19.0 Å². The van der Waals surface area contributed by atoms with E-state index < -0.39 is 6.04 Å². The lowest BCUT2D eigenvalue weighted by molar-refractivity contribution is -0.131. The quantitative estimate of drug-likeness (QED) is 0.834. The highest BCUT2D eigenvalue weighted by Crippen LogP contribution is 2.16. The lowest BCUT2D eigenvalue weighted by Crippen LogP contribution is -2.41. The van der Waals surface area contributed by atoms with Crippen LogP contribution in [0.4, 0.5) is 0 Å². The van der Waals surface area contributed by atoms with Crippen molar-refractivity contribution < 1.29 is 9.32 Å². The van der Waals surface area contributed by atoms with Gasteiger partial charge < -0.3 is 15.2 Å². The molecule has 0 aromatic carbocycles. The maximum Gasteiger partial charge on any atom is 0.239 e. The van der Waals surface area contributed by atoms with Gasteiger partial charge in [-0.15, -0.1) is 12.4 Å². The van der Waals surface area contributed by atoms with E-state index in [4.69, 9.17) is 10.3 Å². The Hall–Kier alpha value is -0.720. The summed E-state index contributed by atoms with van der Waals surface area (Å²) in [5.74, 6) is 1.97. The Bertz CT molecular complexity index is 412. The number of rotatable bonds is 7. The van der Waals surface area contributed by atoms with Crippen molar-refractivity contribution in [2.75, 3.05) is 19.1 Å². The molecular weight excluding hydrogens is 298 g/mol. The summed E-state index contributed by atoms with van der Waals surface area (Å²) in [6, 6.07) is 1.45. The first-order valence-corrected chi connectivity index (χ1v) is 7.80. The number of carbonyl (C=O) groups excluding carboxylic acids is 1. The van der Waals surface area contributed by atoms with Crippen LogP contribution in [0, 0.1) is 0 Å². The summed E-state index contributed by atoms with van der Waals surface area (Å²) in [4.78, 5) is 13.6. The Morgan fingerprint density at radius 2 is 2.20 bits per heavy atom. The zero-order chi connectivity index (χ0) is 14.4. The number of halogens is 1. The largest absolute Gasteiger partial charge is 0.361 e. The zero-order valence-electron chi connectivity index (χ0n) is 12.5. The first-order chi connectivity index (χ1) is 8.95. The molecule has 1 atom stereocenters. The van der Waals surface area contributed by atoms with Gasteiger partial charge in [0.05, 0.1) is 12.6 Å². The smallest absolute Gasteiger partial charge is 0.239 e. The fourth-order valence-corrected chi connectivity index (χ4v) is 2.14. The standard InChI is InChI=1S/C13H23N3O2S.ClH/c1-9(2)12-7-10(15-18-12)8-16(3)13(17)11(14)5-6-19-4;/h7,9,11H,5-6,8,14H2,1-4H3;1H/t11-;/m0./s1. The predicted molar refractivity (Wildman–Crippen MR) is 85.3 cm³/mol. The number of amides is 1. The van der Waals surface area contributed by atoms with Gasteiger partial charge in [-0.2, -0.15) is 11.8 Å². The number of hydrogen-bond acceptors (Lipinski definition) is 5. The fourth-order valence-electron chi connectivity index (χ4n) is 1.65. The maximum absolute atomic E-state index is 12.0. The van der Waals surface area contributed by atoms with E-state index >= 15 is 0 Å². The van der Waals surface area contributed by atoms with Gasteiger partial charge in [-0.1, -0.05) is 19.0 Å². The predicted octanol–water partition coefficient (Wildman–Crippen LogP) is 2.26. The average Bonchev–Trinajstić information content (AvgIpc) is 2.83. The van der Waals surface area contributed by atoms with Gasteiger partial charge in [-0.25, -0.2) is 0 Å². The molecular formula is C13H24ClN3O2S. The van der Waals surface area contributed by atoms with Crippen molar-refractivity contribution in [1.82, 2.24) is 10.1 Å². The van der Waals surface area contributed by atoms with Crippen LogP contribution >= 0.6 is 24.2 Å². The second-order valence-corrected chi connectivity index (χ2v) is 5.94. The molecule has 7 heteroatoms. The van der Waals surface area contributed by atoms with Crippen molar-refractivity contribution in [2.45, 2.75) is 38.8 Å². The van der Waals surface area contributed by atoms with Crippen LogP contribution in [0.15, 0.2) is 10.6 Å².